The van der Waals surface area contributed by atoms with Crippen LogP contribution in [0, 0.1) is 11.3 Å². The quantitative estimate of drug-likeness (QED) is 0.384. The maximum absolute atomic E-state index is 14.5. The van der Waals surface area contributed by atoms with Crippen LogP contribution in [0.1, 0.15) is 23.6 Å². The Morgan fingerprint density at radius 1 is 1.00 bits per heavy atom. The number of hydrogen-bond acceptors (Lipinski definition) is 4. The normalized spacial score (nSPS) is 12.0. The second kappa shape index (κ2) is 9.69. The summed E-state index contributed by atoms with van der Waals surface area (Å²) in [4.78, 5) is 0.907. The van der Waals surface area contributed by atoms with Gasteiger partial charge >= 0.3 is 6.18 Å². The third kappa shape index (κ3) is 6.35. The lowest BCUT2D eigenvalue weighted by molar-refractivity contribution is -0.119. The van der Waals surface area contributed by atoms with Gasteiger partial charge in [0.05, 0.1) is 25.9 Å². The Labute approximate surface area is 177 Å². The molecule has 0 bridgehead atoms. The van der Waals surface area contributed by atoms with E-state index in [1.165, 1.54) is 39.3 Å². The van der Waals surface area contributed by atoms with Gasteiger partial charge in [0.25, 0.3) is 5.92 Å². The van der Waals surface area contributed by atoms with Crippen molar-refractivity contribution in [3.63, 3.8) is 0 Å². The standard InChI is InChI=1S/C22H21F5N2O2/c1-4-7-21(23,24)20-10-17(6-5-16(20)12-28)29(14-22(25,26)27)13-15-8-18(30-2)11-19(9-15)31-3/h4-11H,13-14H2,1-3H3/b7-4+. The molecule has 0 atom stereocenters. The molecule has 0 saturated heterocycles. The van der Waals surface area contributed by atoms with E-state index < -0.39 is 24.2 Å². The SMILES string of the molecule is C/C=C/C(F)(F)c1cc(N(Cc2cc(OC)cc(OC)c2)CC(F)(F)F)ccc1C#N. The Bertz CT molecular complexity index is 959. The number of nitriles is 1. The van der Waals surface area contributed by atoms with E-state index >= 15 is 0 Å². The molecule has 0 aliphatic rings. The van der Waals surface area contributed by atoms with Crippen LogP contribution in [0.4, 0.5) is 27.6 Å². The molecule has 0 saturated carbocycles. The van der Waals surface area contributed by atoms with Gasteiger partial charge in [-0.25, -0.2) is 0 Å². The summed E-state index contributed by atoms with van der Waals surface area (Å²) in [6, 6.07) is 9.53. The van der Waals surface area contributed by atoms with Crippen LogP contribution < -0.4 is 14.4 Å². The van der Waals surface area contributed by atoms with E-state index in [1.807, 2.05) is 0 Å². The van der Waals surface area contributed by atoms with Crippen molar-refractivity contribution in [2.75, 3.05) is 25.7 Å². The predicted octanol–water partition coefficient (Wildman–Crippen LogP) is 5.81. The van der Waals surface area contributed by atoms with Crippen LogP contribution in [-0.2, 0) is 12.5 Å². The lowest BCUT2D eigenvalue weighted by atomic mass is 10.00. The first-order chi connectivity index (χ1) is 14.5. The van der Waals surface area contributed by atoms with Gasteiger partial charge in [0.1, 0.15) is 18.0 Å². The Kier molecular flexibility index (Phi) is 7.50. The molecule has 0 aliphatic carbocycles. The van der Waals surface area contributed by atoms with E-state index in [4.69, 9.17) is 9.47 Å². The van der Waals surface area contributed by atoms with Crippen molar-refractivity contribution in [3.05, 3.63) is 65.2 Å². The number of nitrogens with zero attached hydrogens (tertiary/aromatic N) is 2. The zero-order valence-electron chi connectivity index (χ0n) is 17.1. The summed E-state index contributed by atoms with van der Waals surface area (Å²) < 4.78 is 79.1. The summed E-state index contributed by atoms with van der Waals surface area (Å²) in [6.07, 6.45) is -2.89. The van der Waals surface area contributed by atoms with Crippen LogP contribution in [0.2, 0.25) is 0 Å². The smallest absolute Gasteiger partial charge is 0.405 e. The van der Waals surface area contributed by atoms with Gasteiger partial charge in [-0.2, -0.15) is 27.2 Å². The second-order valence-electron chi connectivity index (χ2n) is 6.66. The number of benzene rings is 2. The molecule has 0 unspecified atom stereocenters. The van der Waals surface area contributed by atoms with Crippen LogP contribution in [0.15, 0.2) is 48.6 Å². The summed E-state index contributed by atoms with van der Waals surface area (Å²) in [5.74, 6) is -2.76. The third-order valence-electron chi connectivity index (χ3n) is 4.38. The molecule has 31 heavy (non-hydrogen) atoms. The van der Waals surface area contributed by atoms with Gasteiger partial charge in [0.15, 0.2) is 0 Å². The zero-order chi connectivity index (χ0) is 23.2. The largest absolute Gasteiger partial charge is 0.497 e. The maximum atomic E-state index is 14.5. The molecule has 9 heteroatoms. The first-order valence-corrected chi connectivity index (χ1v) is 9.13. The summed E-state index contributed by atoms with van der Waals surface area (Å²) in [6.45, 7) is -0.253. The average Bonchev–Trinajstić information content (AvgIpc) is 2.71. The van der Waals surface area contributed by atoms with Crippen LogP contribution >= 0.6 is 0 Å². The van der Waals surface area contributed by atoms with Crippen LogP contribution in [0.25, 0.3) is 0 Å². The molecule has 0 aliphatic heterocycles. The van der Waals surface area contributed by atoms with Crippen molar-refractivity contribution < 1.29 is 31.4 Å². The molecule has 2 aromatic rings. The van der Waals surface area contributed by atoms with Gasteiger partial charge in [-0.15, -0.1) is 0 Å². The number of rotatable bonds is 8. The van der Waals surface area contributed by atoms with Gasteiger partial charge in [-0.3, -0.25) is 0 Å². The van der Waals surface area contributed by atoms with Crippen molar-refractivity contribution in [1.29, 1.82) is 5.26 Å². The number of allylic oxidation sites excluding steroid dienone is 2. The lowest BCUT2D eigenvalue weighted by Crippen LogP contribution is -2.34. The number of ether oxygens (including phenoxy) is 2. The lowest BCUT2D eigenvalue weighted by Gasteiger charge is -2.28. The van der Waals surface area contributed by atoms with E-state index in [1.54, 1.807) is 12.1 Å². The number of hydrogen-bond donors (Lipinski definition) is 0. The van der Waals surface area contributed by atoms with Gasteiger partial charge in [0, 0.05) is 23.9 Å². The van der Waals surface area contributed by atoms with Crippen LogP contribution in [-0.4, -0.2) is 26.9 Å². The molecule has 2 rings (SSSR count). The first-order valence-electron chi connectivity index (χ1n) is 9.13. The molecular weight excluding hydrogens is 419 g/mol. The molecule has 0 spiro atoms. The molecule has 166 valence electrons. The molecule has 2 aromatic carbocycles. The molecule has 0 aromatic heterocycles. The van der Waals surface area contributed by atoms with Gasteiger partial charge in [-0.1, -0.05) is 6.08 Å². The Morgan fingerprint density at radius 3 is 2.10 bits per heavy atom. The number of alkyl halides is 5. The molecule has 0 N–H and O–H groups in total. The average molecular weight is 440 g/mol. The predicted molar refractivity (Wildman–Crippen MR) is 107 cm³/mol. The highest BCUT2D eigenvalue weighted by Crippen LogP contribution is 2.36. The fraction of sp³-hybridized carbons (Fsp3) is 0.318. The molecule has 0 heterocycles. The molecule has 0 amide bonds. The van der Waals surface area contributed by atoms with E-state index in [0.29, 0.717) is 23.1 Å². The highest BCUT2D eigenvalue weighted by Gasteiger charge is 2.34. The van der Waals surface area contributed by atoms with Gasteiger partial charge in [-0.05, 0) is 48.9 Å². The fourth-order valence-corrected chi connectivity index (χ4v) is 3.03. The number of halogens is 5. The number of anilines is 1. The minimum atomic E-state index is -4.59. The first kappa shape index (κ1) is 24.0. The summed E-state index contributed by atoms with van der Waals surface area (Å²) in [7, 11) is 2.81. The highest BCUT2D eigenvalue weighted by atomic mass is 19.4. The van der Waals surface area contributed by atoms with Crippen molar-refractivity contribution >= 4 is 5.69 Å². The zero-order valence-corrected chi connectivity index (χ0v) is 17.1. The third-order valence-corrected chi connectivity index (χ3v) is 4.38. The minimum absolute atomic E-state index is 0.0997. The van der Waals surface area contributed by atoms with Crippen molar-refractivity contribution in [3.8, 4) is 17.6 Å². The highest BCUT2D eigenvalue weighted by molar-refractivity contribution is 5.56. The molecular formula is C22H21F5N2O2. The van der Waals surface area contributed by atoms with Crippen molar-refractivity contribution in [2.45, 2.75) is 25.6 Å². The molecule has 0 fully saturated rings. The molecule has 0 radical (unpaired) electrons. The van der Waals surface area contributed by atoms with Gasteiger partial charge in [0.2, 0.25) is 0 Å². The van der Waals surface area contributed by atoms with E-state index in [9.17, 15) is 27.2 Å². The minimum Gasteiger partial charge on any atom is -0.497 e. The Hall–Kier alpha value is -3.28. The topological polar surface area (TPSA) is 45.5 Å². The van der Waals surface area contributed by atoms with Crippen LogP contribution in [0.5, 0.6) is 11.5 Å². The molecule has 4 nitrogen and oxygen atoms in total. The maximum Gasteiger partial charge on any atom is 0.405 e. The summed E-state index contributed by atoms with van der Waals surface area (Å²) >= 11 is 0. The van der Waals surface area contributed by atoms with E-state index in [-0.39, 0.29) is 17.8 Å². The number of methoxy groups -OCH3 is 2. The fourth-order valence-electron chi connectivity index (χ4n) is 3.03. The van der Waals surface area contributed by atoms with Gasteiger partial charge < -0.3 is 14.4 Å². The van der Waals surface area contributed by atoms with E-state index in [0.717, 1.165) is 23.1 Å². The Morgan fingerprint density at radius 2 is 1.61 bits per heavy atom. The second-order valence-corrected chi connectivity index (χ2v) is 6.66. The monoisotopic (exact) mass is 440 g/mol. The Balaban J connectivity index is 2.56. The summed E-state index contributed by atoms with van der Waals surface area (Å²) in [5.41, 5.74) is -0.660. The van der Waals surface area contributed by atoms with Crippen molar-refractivity contribution in [1.82, 2.24) is 0 Å². The summed E-state index contributed by atoms with van der Waals surface area (Å²) in [5, 5.41) is 9.19. The van der Waals surface area contributed by atoms with E-state index in [2.05, 4.69) is 0 Å². The van der Waals surface area contributed by atoms with Crippen LogP contribution in [0.3, 0.4) is 0 Å². The van der Waals surface area contributed by atoms with Crippen molar-refractivity contribution in [2.24, 2.45) is 0 Å².